The van der Waals surface area contributed by atoms with Gasteiger partial charge in [0.15, 0.2) is 0 Å². The summed E-state index contributed by atoms with van der Waals surface area (Å²) in [7, 11) is 0. The Bertz CT molecular complexity index is 98.6. The first-order valence-electron chi connectivity index (χ1n) is 2.28. The second-order valence-corrected chi connectivity index (χ2v) is 1.62. The lowest BCUT2D eigenvalue weighted by atomic mass is 10.3. The molecule has 0 aliphatic heterocycles. The highest BCUT2D eigenvalue weighted by Crippen LogP contribution is 1.90. The second-order valence-electron chi connectivity index (χ2n) is 1.32. The van der Waals surface area contributed by atoms with Crippen molar-refractivity contribution < 1.29 is 9.90 Å². The maximum absolute atomic E-state index is 9.82. The van der Waals surface area contributed by atoms with E-state index in [4.69, 9.17) is 5.11 Å². The average molecular weight is 132 g/mol. The summed E-state index contributed by atoms with van der Waals surface area (Å²) in [6, 6.07) is 0. The third-order valence-corrected chi connectivity index (χ3v) is 0.841. The Hall–Kier alpha value is -0.440. The van der Waals surface area contributed by atoms with Crippen molar-refractivity contribution in [3.63, 3.8) is 0 Å². The van der Waals surface area contributed by atoms with Gasteiger partial charge < -0.3 is 5.11 Å². The van der Waals surface area contributed by atoms with Crippen molar-refractivity contribution >= 4 is 18.6 Å². The van der Waals surface area contributed by atoms with Gasteiger partial charge in [-0.05, 0) is 11.8 Å². The highest BCUT2D eigenvalue weighted by molar-refractivity contribution is 7.83. The predicted octanol–water partition coefficient (Wildman–Crippen LogP) is 1.29. The van der Waals surface area contributed by atoms with Gasteiger partial charge >= 0.3 is 5.97 Å². The SMILES string of the molecule is O=C(O)CCC=CS. The van der Waals surface area contributed by atoms with Gasteiger partial charge in [0.1, 0.15) is 0 Å². The van der Waals surface area contributed by atoms with Crippen molar-refractivity contribution in [2.75, 3.05) is 0 Å². The zero-order valence-electron chi connectivity index (χ0n) is 4.37. The second kappa shape index (κ2) is 4.71. The Morgan fingerprint density at radius 2 is 2.38 bits per heavy atom. The molecule has 0 amide bonds. The Kier molecular flexibility index (Phi) is 4.45. The van der Waals surface area contributed by atoms with Crippen LogP contribution in [0.3, 0.4) is 0 Å². The number of hydrogen-bond acceptors (Lipinski definition) is 2. The van der Waals surface area contributed by atoms with Crippen molar-refractivity contribution in [3.05, 3.63) is 11.5 Å². The predicted molar refractivity (Wildman–Crippen MR) is 35.0 cm³/mol. The molecule has 0 atom stereocenters. The molecule has 2 nitrogen and oxygen atoms in total. The molecule has 0 rings (SSSR count). The molecule has 0 fully saturated rings. The van der Waals surface area contributed by atoms with E-state index in [9.17, 15) is 4.79 Å². The van der Waals surface area contributed by atoms with Gasteiger partial charge in [-0.15, -0.1) is 0 Å². The van der Waals surface area contributed by atoms with Crippen LogP contribution < -0.4 is 0 Å². The molecule has 0 aliphatic carbocycles. The van der Waals surface area contributed by atoms with Gasteiger partial charge in [0, 0.05) is 6.42 Å². The van der Waals surface area contributed by atoms with Crippen LogP contribution in [-0.4, -0.2) is 11.1 Å². The number of allylic oxidation sites excluding steroid dienone is 1. The molecule has 0 spiro atoms. The van der Waals surface area contributed by atoms with Crippen LogP contribution >= 0.6 is 12.6 Å². The summed E-state index contributed by atoms with van der Waals surface area (Å²) in [6.07, 6.45) is 2.47. The van der Waals surface area contributed by atoms with Gasteiger partial charge in [0.25, 0.3) is 0 Å². The third-order valence-electron chi connectivity index (χ3n) is 0.630. The Balaban J connectivity index is 3.05. The summed E-state index contributed by atoms with van der Waals surface area (Å²) in [5.74, 6) is -0.767. The first-order chi connectivity index (χ1) is 3.77. The maximum atomic E-state index is 9.82. The van der Waals surface area contributed by atoms with E-state index in [1.165, 1.54) is 0 Å². The van der Waals surface area contributed by atoms with Gasteiger partial charge in [-0.25, -0.2) is 0 Å². The lowest BCUT2D eigenvalue weighted by Crippen LogP contribution is -1.91. The lowest BCUT2D eigenvalue weighted by Gasteiger charge is -1.83. The number of rotatable bonds is 3. The first kappa shape index (κ1) is 7.56. The van der Waals surface area contributed by atoms with Crippen LogP contribution in [0.4, 0.5) is 0 Å². The Morgan fingerprint density at radius 1 is 1.75 bits per heavy atom. The Morgan fingerprint density at radius 3 is 2.75 bits per heavy atom. The molecule has 0 bridgehead atoms. The molecule has 3 heteroatoms. The number of hydrogen-bond donors (Lipinski definition) is 2. The van der Waals surface area contributed by atoms with E-state index in [-0.39, 0.29) is 6.42 Å². The fourth-order valence-corrected chi connectivity index (χ4v) is 0.430. The van der Waals surface area contributed by atoms with Crippen LogP contribution in [0.2, 0.25) is 0 Å². The molecule has 0 saturated heterocycles. The van der Waals surface area contributed by atoms with E-state index in [1.54, 1.807) is 11.5 Å². The summed E-state index contributed by atoms with van der Waals surface area (Å²) in [6.45, 7) is 0. The number of thiol groups is 1. The zero-order valence-corrected chi connectivity index (χ0v) is 5.27. The van der Waals surface area contributed by atoms with Crippen molar-refractivity contribution in [1.82, 2.24) is 0 Å². The van der Waals surface area contributed by atoms with Crippen LogP contribution in [0.5, 0.6) is 0 Å². The van der Waals surface area contributed by atoms with Crippen molar-refractivity contribution in [2.24, 2.45) is 0 Å². The standard InChI is InChI=1S/C5H8O2S/c6-5(7)3-1-2-4-8/h2,4,8H,1,3H2,(H,6,7). The summed E-state index contributed by atoms with van der Waals surface area (Å²) in [5.41, 5.74) is 0. The highest BCUT2D eigenvalue weighted by atomic mass is 32.1. The van der Waals surface area contributed by atoms with Gasteiger partial charge in [0.05, 0.1) is 0 Å². The average Bonchev–Trinajstić information content (AvgIpc) is 1.66. The van der Waals surface area contributed by atoms with Crippen molar-refractivity contribution in [2.45, 2.75) is 12.8 Å². The smallest absolute Gasteiger partial charge is 0.303 e. The normalized spacial score (nSPS) is 10.1. The molecule has 1 N–H and O–H groups in total. The topological polar surface area (TPSA) is 37.3 Å². The fraction of sp³-hybridized carbons (Fsp3) is 0.400. The van der Waals surface area contributed by atoms with Gasteiger partial charge in [-0.2, -0.15) is 12.6 Å². The number of aliphatic carboxylic acids is 1. The molecule has 0 radical (unpaired) electrons. The van der Waals surface area contributed by atoms with Crippen LogP contribution in [-0.2, 0) is 4.79 Å². The zero-order chi connectivity index (χ0) is 6.41. The maximum Gasteiger partial charge on any atom is 0.303 e. The minimum absolute atomic E-state index is 0.192. The summed E-state index contributed by atoms with van der Waals surface area (Å²) < 4.78 is 0. The molecule has 0 aromatic heterocycles. The minimum atomic E-state index is -0.767. The molecule has 0 unspecified atom stereocenters. The molecule has 0 aromatic rings. The first-order valence-corrected chi connectivity index (χ1v) is 2.80. The van der Waals surface area contributed by atoms with Crippen LogP contribution in [0.15, 0.2) is 11.5 Å². The fourth-order valence-electron chi connectivity index (χ4n) is 0.281. The van der Waals surface area contributed by atoms with E-state index in [2.05, 4.69) is 12.6 Å². The Labute approximate surface area is 53.6 Å². The van der Waals surface area contributed by atoms with E-state index in [0.29, 0.717) is 6.42 Å². The molecule has 0 aliphatic rings. The van der Waals surface area contributed by atoms with Crippen LogP contribution in [0.1, 0.15) is 12.8 Å². The molecule has 8 heavy (non-hydrogen) atoms. The number of carbonyl (C=O) groups is 1. The van der Waals surface area contributed by atoms with Gasteiger partial charge in [-0.1, -0.05) is 6.08 Å². The lowest BCUT2D eigenvalue weighted by molar-refractivity contribution is -0.136. The molecule has 46 valence electrons. The van der Waals surface area contributed by atoms with Crippen molar-refractivity contribution in [3.8, 4) is 0 Å². The molecule has 0 aromatic carbocycles. The molecule has 0 heterocycles. The molecular formula is C5H8O2S. The van der Waals surface area contributed by atoms with E-state index in [0.717, 1.165) is 0 Å². The van der Waals surface area contributed by atoms with Gasteiger partial charge in [-0.3, -0.25) is 4.79 Å². The summed E-state index contributed by atoms with van der Waals surface area (Å²) in [4.78, 5) is 9.82. The van der Waals surface area contributed by atoms with E-state index < -0.39 is 5.97 Å². The van der Waals surface area contributed by atoms with Crippen LogP contribution in [0, 0.1) is 0 Å². The van der Waals surface area contributed by atoms with Gasteiger partial charge in [0.2, 0.25) is 0 Å². The molecule has 0 saturated carbocycles. The largest absolute Gasteiger partial charge is 0.481 e. The van der Waals surface area contributed by atoms with E-state index >= 15 is 0 Å². The summed E-state index contributed by atoms with van der Waals surface area (Å²) in [5, 5.41) is 9.63. The summed E-state index contributed by atoms with van der Waals surface area (Å²) >= 11 is 3.75. The number of carboxylic acids is 1. The number of carboxylic acid groups (broad SMARTS) is 1. The molecular weight excluding hydrogens is 124 g/mol. The van der Waals surface area contributed by atoms with Crippen LogP contribution in [0.25, 0.3) is 0 Å². The third kappa shape index (κ3) is 5.56. The quantitative estimate of drug-likeness (QED) is 0.568. The van der Waals surface area contributed by atoms with E-state index in [1.807, 2.05) is 0 Å². The van der Waals surface area contributed by atoms with Crippen molar-refractivity contribution in [1.29, 1.82) is 0 Å². The monoisotopic (exact) mass is 132 g/mol. The minimum Gasteiger partial charge on any atom is -0.481 e. The highest BCUT2D eigenvalue weighted by Gasteiger charge is 1.89.